The fraction of sp³-hybridized carbons (Fsp3) is 0.342. The van der Waals surface area contributed by atoms with Crippen molar-refractivity contribution in [1.82, 2.24) is 20.2 Å². The van der Waals surface area contributed by atoms with Crippen LogP contribution in [0.4, 0.5) is 10.7 Å². The summed E-state index contributed by atoms with van der Waals surface area (Å²) >= 11 is 0. The van der Waals surface area contributed by atoms with Crippen LogP contribution in [0.25, 0.3) is 11.1 Å². The van der Waals surface area contributed by atoms with Crippen molar-refractivity contribution in [3.05, 3.63) is 126 Å². The first kappa shape index (κ1) is 33.3. The first-order chi connectivity index (χ1) is 23.5. The van der Waals surface area contributed by atoms with E-state index in [0.717, 1.165) is 72.1 Å². The van der Waals surface area contributed by atoms with E-state index in [2.05, 4.69) is 87.1 Å². The maximum atomic E-state index is 11.9. The number of nitrogens with zero attached hydrogens (tertiary/aromatic N) is 4. The quantitative estimate of drug-likeness (QED) is 0.199. The van der Waals surface area contributed by atoms with Crippen molar-refractivity contribution in [3.8, 4) is 11.1 Å². The topological polar surface area (TPSA) is 109 Å². The van der Waals surface area contributed by atoms with Crippen LogP contribution in [0.2, 0.25) is 0 Å². The highest BCUT2D eigenvalue weighted by atomic mass is 16.7. The number of aliphatic hydroxyl groups excluding tert-OH is 1. The van der Waals surface area contributed by atoms with Crippen molar-refractivity contribution in [3.63, 3.8) is 0 Å². The molecule has 0 aliphatic carbocycles. The number of rotatable bonds is 11. The fourth-order valence-electron chi connectivity index (χ4n) is 6.22. The normalized spacial score (nSPS) is 21.4. The standard InChI is InChI=1S/C38H43N5O5/c1-3-22-46-38(45)41-24-29-6-4-7-33(23-29)30-12-14-32(15-13-30)36-47-34(27(2)35(48-36)31-10-8-28(26-44)9-11-31)25-42-18-20-43(21-19-42)37-39-16-5-17-40-37/h3-17,23,27,34-36,44H,1,18-22,24-26H2,2H3,(H,41,45)/t27-,34+,35+,36+/m1/s1. The van der Waals surface area contributed by atoms with Gasteiger partial charge in [0.1, 0.15) is 6.61 Å². The zero-order chi connectivity index (χ0) is 33.3. The van der Waals surface area contributed by atoms with Gasteiger partial charge >= 0.3 is 6.09 Å². The number of benzene rings is 3. The molecule has 3 heterocycles. The molecule has 2 N–H and O–H groups in total. The average Bonchev–Trinajstić information content (AvgIpc) is 3.15. The number of carbonyl (C=O) groups is 1. The van der Waals surface area contributed by atoms with Crippen LogP contribution in [0.3, 0.4) is 0 Å². The maximum absolute atomic E-state index is 11.9. The van der Waals surface area contributed by atoms with E-state index in [4.69, 9.17) is 14.2 Å². The average molecular weight is 650 g/mol. The summed E-state index contributed by atoms with van der Waals surface area (Å²) < 4.78 is 18.5. The van der Waals surface area contributed by atoms with Crippen LogP contribution in [-0.4, -0.2) is 71.5 Å². The van der Waals surface area contributed by atoms with Gasteiger partial charge in [0.25, 0.3) is 0 Å². The highest BCUT2D eigenvalue weighted by molar-refractivity contribution is 5.68. The molecule has 2 fully saturated rings. The molecule has 10 heteroatoms. The molecule has 1 aromatic heterocycles. The molecule has 4 aromatic rings. The number of amides is 1. The van der Waals surface area contributed by atoms with Crippen LogP contribution in [0.1, 0.15) is 41.6 Å². The molecule has 0 unspecified atom stereocenters. The molecule has 1 amide bonds. The van der Waals surface area contributed by atoms with Gasteiger partial charge in [-0.25, -0.2) is 14.8 Å². The third kappa shape index (κ3) is 8.26. The van der Waals surface area contributed by atoms with Gasteiger partial charge in [0, 0.05) is 63.1 Å². The SMILES string of the molecule is C=CCOC(=O)NCc1cccc(-c2ccc([C@H]3O[C@@H](CN4CCN(c5ncccn5)CC4)[C@@H](C)[C@@H](c4ccc(CO)cc4)O3)cc2)c1. The number of piperazine rings is 1. The van der Waals surface area contributed by atoms with Gasteiger partial charge in [0.2, 0.25) is 5.95 Å². The summed E-state index contributed by atoms with van der Waals surface area (Å²) in [5.74, 6) is 0.872. The Labute approximate surface area is 282 Å². The monoisotopic (exact) mass is 649 g/mol. The number of aliphatic hydroxyl groups is 1. The molecule has 4 atom stereocenters. The molecule has 0 bridgehead atoms. The Morgan fingerprint density at radius 1 is 0.938 bits per heavy atom. The highest BCUT2D eigenvalue weighted by Crippen LogP contribution is 2.42. The van der Waals surface area contributed by atoms with Crippen LogP contribution in [0.15, 0.2) is 104 Å². The molecule has 0 spiro atoms. The lowest BCUT2D eigenvalue weighted by Gasteiger charge is -2.44. The zero-order valence-corrected chi connectivity index (χ0v) is 27.3. The number of hydrogen-bond acceptors (Lipinski definition) is 9. The second-order valence-corrected chi connectivity index (χ2v) is 12.2. The molecular formula is C38H43N5O5. The van der Waals surface area contributed by atoms with Crippen LogP contribution < -0.4 is 10.2 Å². The third-order valence-corrected chi connectivity index (χ3v) is 8.98. The first-order valence-corrected chi connectivity index (χ1v) is 16.5. The molecule has 2 aliphatic heterocycles. The van der Waals surface area contributed by atoms with E-state index in [9.17, 15) is 9.90 Å². The largest absolute Gasteiger partial charge is 0.445 e. The van der Waals surface area contributed by atoms with Gasteiger partial charge in [-0.1, -0.05) is 86.3 Å². The smallest absolute Gasteiger partial charge is 0.407 e. The Morgan fingerprint density at radius 3 is 2.38 bits per heavy atom. The van der Waals surface area contributed by atoms with Gasteiger partial charge in [-0.05, 0) is 39.9 Å². The number of alkyl carbamates (subject to hydrolysis) is 1. The Hall–Kier alpha value is -4.61. The molecule has 2 saturated heterocycles. The summed E-state index contributed by atoms with van der Waals surface area (Å²) in [6.07, 6.45) is 3.85. The minimum atomic E-state index is -0.543. The molecule has 0 radical (unpaired) electrons. The van der Waals surface area contributed by atoms with Crippen LogP contribution in [0, 0.1) is 5.92 Å². The van der Waals surface area contributed by atoms with Gasteiger partial charge in [0.05, 0.1) is 18.8 Å². The number of nitrogens with one attached hydrogen (secondary N) is 1. The van der Waals surface area contributed by atoms with Crippen LogP contribution in [-0.2, 0) is 27.4 Å². The summed E-state index contributed by atoms with van der Waals surface area (Å²) in [6, 6.07) is 26.2. The summed E-state index contributed by atoms with van der Waals surface area (Å²) in [6.45, 7) is 10.6. The Balaban J connectivity index is 1.16. The Morgan fingerprint density at radius 2 is 1.67 bits per heavy atom. The molecule has 3 aromatic carbocycles. The summed E-state index contributed by atoms with van der Waals surface area (Å²) in [5, 5.41) is 12.4. The number of hydrogen-bond donors (Lipinski definition) is 2. The van der Waals surface area contributed by atoms with Crippen molar-refractivity contribution in [2.24, 2.45) is 5.92 Å². The van der Waals surface area contributed by atoms with Gasteiger partial charge in [-0.15, -0.1) is 0 Å². The van der Waals surface area contributed by atoms with E-state index in [-0.39, 0.29) is 31.3 Å². The second kappa shape index (κ2) is 16.0. The predicted molar refractivity (Wildman–Crippen MR) is 184 cm³/mol. The molecule has 2 aliphatic rings. The Kier molecular flexibility index (Phi) is 11.1. The number of aromatic nitrogens is 2. The fourth-order valence-corrected chi connectivity index (χ4v) is 6.22. The molecule has 0 saturated carbocycles. The lowest BCUT2D eigenvalue weighted by atomic mass is 9.89. The summed E-state index contributed by atoms with van der Waals surface area (Å²) in [4.78, 5) is 25.4. The molecule has 6 rings (SSSR count). The Bertz CT molecular complexity index is 1630. The molecule has 48 heavy (non-hydrogen) atoms. The zero-order valence-electron chi connectivity index (χ0n) is 27.3. The van der Waals surface area contributed by atoms with Crippen LogP contribution in [0.5, 0.6) is 0 Å². The summed E-state index contributed by atoms with van der Waals surface area (Å²) in [7, 11) is 0. The lowest BCUT2D eigenvalue weighted by Crippen LogP contribution is -2.51. The summed E-state index contributed by atoms with van der Waals surface area (Å²) in [5.41, 5.74) is 5.94. The van der Waals surface area contributed by atoms with Gasteiger partial charge in [-0.3, -0.25) is 4.90 Å². The van der Waals surface area contributed by atoms with Gasteiger partial charge in [0.15, 0.2) is 6.29 Å². The second-order valence-electron chi connectivity index (χ2n) is 12.2. The highest BCUT2D eigenvalue weighted by Gasteiger charge is 2.39. The number of ether oxygens (including phenoxy) is 3. The lowest BCUT2D eigenvalue weighted by molar-refractivity contribution is -0.276. The van der Waals surface area contributed by atoms with Crippen molar-refractivity contribution in [1.29, 1.82) is 0 Å². The minimum Gasteiger partial charge on any atom is -0.445 e. The van der Waals surface area contributed by atoms with Crippen molar-refractivity contribution in [2.45, 2.75) is 38.6 Å². The number of carbonyl (C=O) groups excluding carboxylic acids is 1. The van der Waals surface area contributed by atoms with Gasteiger partial charge in [-0.2, -0.15) is 0 Å². The van der Waals surface area contributed by atoms with E-state index >= 15 is 0 Å². The minimum absolute atomic E-state index is 0.00373. The maximum Gasteiger partial charge on any atom is 0.407 e. The van der Waals surface area contributed by atoms with Crippen molar-refractivity contribution in [2.75, 3.05) is 44.2 Å². The van der Waals surface area contributed by atoms with E-state index in [1.165, 1.54) is 6.08 Å². The van der Waals surface area contributed by atoms with Crippen molar-refractivity contribution < 1.29 is 24.1 Å². The predicted octanol–water partition coefficient (Wildman–Crippen LogP) is 5.66. The third-order valence-electron chi connectivity index (χ3n) is 8.98. The molecular weight excluding hydrogens is 606 g/mol. The molecule has 250 valence electrons. The van der Waals surface area contributed by atoms with Crippen molar-refractivity contribution >= 4 is 12.0 Å². The van der Waals surface area contributed by atoms with Crippen LogP contribution >= 0.6 is 0 Å². The van der Waals surface area contributed by atoms with E-state index < -0.39 is 12.4 Å². The number of anilines is 1. The van der Waals surface area contributed by atoms with E-state index in [1.54, 1.807) is 12.4 Å². The van der Waals surface area contributed by atoms with E-state index in [1.807, 2.05) is 30.3 Å². The molecule has 10 nitrogen and oxygen atoms in total. The van der Waals surface area contributed by atoms with E-state index in [0.29, 0.717) is 6.54 Å². The van der Waals surface area contributed by atoms with Gasteiger partial charge < -0.3 is 29.5 Å². The first-order valence-electron chi connectivity index (χ1n) is 16.5.